The fraction of sp³-hybridized carbons (Fsp3) is 0.667. The number of rotatable bonds is 3. The number of carbonyl (C=O) groups is 1. The topological polar surface area (TPSA) is 35.5 Å². The lowest BCUT2D eigenvalue weighted by Crippen LogP contribution is -2.45. The molecule has 0 aromatic rings. The van der Waals surface area contributed by atoms with Crippen LogP contribution in [0.1, 0.15) is 19.3 Å². The predicted octanol–water partition coefficient (Wildman–Crippen LogP) is 0.787. The molecule has 1 fully saturated rings. The second-order valence-electron chi connectivity index (χ2n) is 3.20. The summed E-state index contributed by atoms with van der Waals surface area (Å²) in [6.45, 7) is 6.19. The van der Waals surface area contributed by atoms with E-state index in [1.807, 2.05) is 0 Å². The van der Waals surface area contributed by atoms with Gasteiger partial charge in [0.2, 0.25) is 0 Å². The Morgan fingerprint density at radius 1 is 1.69 bits per heavy atom. The Kier molecular flexibility index (Phi) is 3.68. The molecule has 1 aliphatic rings. The molecule has 1 heterocycles. The van der Waals surface area contributed by atoms with Crippen LogP contribution in [0.5, 0.6) is 0 Å². The van der Waals surface area contributed by atoms with Gasteiger partial charge in [-0.05, 0) is 12.8 Å². The zero-order chi connectivity index (χ0) is 9.73. The molecule has 1 rings (SSSR count). The van der Waals surface area contributed by atoms with Crippen LogP contribution in [0.2, 0.25) is 6.55 Å². The second-order valence-corrected chi connectivity index (χ2v) is 4.98. The van der Waals surface area contributed by atoms with Crippen LogP contribution in [0.4, 0.5) is 0 Å². The number of carbonyl (C=O) groups excluding carboxylic acids is 1. The van der Waals surface area contributed by atoms with E-state index < -0.39 is 14.9 Å². The average molecular weight is 200 g/mol. The Balaban J connectivity index is 2.56. The van der Waals surface area contributed by atoms with Crippen molar-refractivity contribution in [1.29, 1.82) is 0 Å². The van der Waals surface area contributed by atoms with Gasteiger partial charge in [-0.15, -0.1) is 0 Å². The fourth-order valence-electron chi connectivity index (χ4n) is 1.48. The Morgan fingerprint density at radius 3 is 2.92 bits per heavy atom. The molecule has 1 atom stereocenters. The zero-order valence-electron chi connectivity index (χ0n) is 8.04. The Morgan fingerprint density at radius 2 is 2.46 bits per heavy atom. The summed E-state index contributed by atoms with van der Waals surface area (Å²) in [6, 6.07) is 0. The van der Waals surface area contributed by atoms with Gasteiger partial charge in [0.1, 0.15) is 9.52 Å². The van der Waals surface area contributed by atoms with Crippen molar-refractivity contribution >= 4 is 15.5 Å². The summed E-state index contributed by atoms with van der Waals surface area (Å²) in [5.74, 6) is -0.365. The fourth-order valence-corrected chi connectivity index (χ4v) is 2.72. The van der Waals surface area contributed by atoms with Crippen molar-refractivity contribution in [3.8, 4) is 0 Å². The molecule has 0 saturated carbocycles. The van der Waals surface area contributed by atoms with E-state index in [0.717, 1.165) is 19.3 Å². The van der Waals surface area contributed by atoms with Gasteiger partial charge in [0.05, 0.1) is 6.61 Å². The van der Waals surface area contributed by atoms with Gasteiger partial charge >= 0.3 is 5.97 Å². The molecule has 74 valence electrons. The van der Waals surface area contributed by atoms with Crippen molar-refractivity contribution in [2.45, 2.75) is 31.2 Å². The number of hydrogen-bond donors (Lipinski definition) is 0. The third kappa shape index (κ3) is 2.67. The normalized spacial score (nSPS) is 29.0. The van der Waals surface area contributed by atoms with Crippen LogP contribution < -0.4 is 0 Å². The van der Waals surface area contributed by atoms with E-state index in [-0.39, 0.29) is 5.97 Å². The number of ether oxygens (including phenoxy) is 2. The van der Waals surface area contributed by atoms with E-state index in [1.165, 1.54) is 6.08 Å². The lowest BCUT2D eigenvalue weighted by molar-refractivity contribution is -0.202. The van der Waals surface area contributed by atoms with Crippen LogP contribution in [0, 0.1) is 0 Å². The molecule has 1 aliphatic heterocycles. The van der Waals surface area contributed by atoms with Gasteiger partial charge in [0.15, 0.2) is 5.41 Å². The van der Waals surface area contributed by atoms with Crippen LogP contribution in [0.15, 0.2) is 12.7 Å². The Hall–Kier alpha value is -0.613. The quantitative estimate of drug-likeness (QED) is 0.384. The van der Waals surface area contributed by atoms with Crippen molar-refractivity contribution < 1.29 is 14.3 Å². The highest BCUT2D eigenvalue weighted by atomic mass is 28.2. The lowest BCUT2D eigenvalue weighted by Gasteiger charge is -2.35. The minimum absolute atomic E-state index is 0.365. The summed E-state index contributed by atoms with van der Waals surface area (Å²) in [7, 11) is -0.504. The summed E-state index contributed by atoms with van der Waals surface area (Å²) in [5.41, 5.74) is -0.538. The van der Waals surface area contributed by atoms with Gasteiger partial charge in [0.25, 0.3) is 0 Å². The molecule has 0 aromatic carbocycles. The van der Waals surface area contributed by atoms with Gasteiger partial charge in [-0.2, -0.15) is 0 Å². The SMILES string of the molecule is C=CC(=O)OC1([SiH2]C)CCCCO1. The van der Waals surface area contributed by atoms with Gasteiger partial charge in [-0.3, -0.25) is 0 Å². The van der Waals surface area contributed by atoms with E-state index >= 15 is 0 Å². The lowest BCUT2D eigenvalue weighted by atomic mass is 10.2. The third-order valence-electron chi connectivity index (χ3n) is 2.31. The minimum Gasteiger partial charge on any atom is -0.435 e. The molecule has 4 heteroatoms. The smallest absolute Gasteiger partial charge is 0.332 e. The monoisotopic (exact) mass is 200 g/mol. The minimum atomic E-state index is -0.538. The van der Waals surface area contributed by atoms with Crippen molar-refractivity contribution in [2.24, 2.45) is 0 Å². The second kappa shape index (κ2) is 4.57. The third-order valence-corrected chi connectivity index (χ3v) is 4.09. The van der Waals surface area contributed by atoms with Crippen LogP contribution in [0.25, 0.3) is 0 Å². The Labute approximate surface area is 80.9 Å². The van der Waals surface area contributed by atoms with E-state index in [2.05, 4.69) is 13.1 Å². The van der Waals surface area contributed by atoms with Crippen LogP contribution in [-0.4, -0.2) is 27.5 Å². The standard InChI is InChI=1S/C9H16O3Si/c1-3-8(10)12-9(13-2)6-4-5-7-11-9/h3H,1,4-7,13H2,2H3. The maximum Gasteiger partial charge on any atom is 0.332 e. The highest BCUT2D eigenvalue weighted by Crippen LogP contribution is 2.25. The molecule has 0 aliphatic carbocycles. The molecular weight excluding hydrogens is 184 g/mol. The summed E-state index contributed by atoms with van der Waals surface area (Å²) in [5, 5.41) is 0. The van der Waals surface area contributed by atoms with E-state index in [9.17, 15) is 4.79 Å². The van der Waals surface area contributed by atoms with Gasteiger partial charge in [0, 0.05) is 12.5 Å². The van der Waals surface area contributed by atoms with Gasteiger partial charge in [-0.25, -0.2) is 4.79 Å². The number of hydrogen-bond acceptors (Lipinski definition) is 3. The predicted molar refractivity (Wildman–Crippen MR) is 53.2 cm³/mol. The maximum absolute atomic E-state index is 11.0. The zero-order valence-corrected chi connectivity index (χ0v) is 9.46. The first-order valence-corrected chi connectivity index (χ1v) is 6.84. The van der Waals surface area contributed by atoms with Gasteiger partial charge < -0.3 is 9.47 Å². The van der Waals surface area contributed by atoms with E-state index in [1.54, 1.807) is 0 Å². The first-order valence-electron chi connectivity index (χ1n) is 4.72. The highest BCUT2D eigenvalue weighted by molar-refractivity contribution is 6.37. The highest BCUT2D eigenvalue weighted by Gasteiger charge is 2.34. The molecule has 0 radical (unpaired) electrons. The van der Waals surface area contributed by atoms with Crippen LogP contribution in [0.3, 0.4) is 0 Å². The molecule has 0 N–H and O–H groups in total. The summed E-state index contributed by atoms with van der Waals surface area (Å²) < 4.78 is 10.8. The van der Waals surface area contributed by atoms with Crippen LogP contribution in [-0.2, 0) is 14.3 Å². The van der Waals surface area contributed by atoms with Crippen molar-refractivity contribution in [3.63, 3.8) is 0 Å². The van der Waals surface area contributed by atoms with E-state index in [4.69, 9.17) is 9.47 Å². The first kappa shape index (κ1) is 10.5. The largest absolute Gasteiger partial charge is 0.435 e. The van der Waals surface area contributed by atoms with E-state index in [0.29, 0.717) is 6.61 Å². The summed E-state index contributed by atoms with van der Waals surface area (Å²) >= 11 is 0. The molecule has 0 spiro atoms. The molecule has 0 amide bonds. The van der Waals surface area contributed by atoms with Crippen molar-refractivity contribution in [1.82, 2.24) is 0 Å². The molecule has 0 aromatic heterocycles. The Bertz CT molecular complexity index is 197. The number of esters is 1. The summed E-state index contributed by atoms with van der Waals surface area (Å²) in [6.07, 6.45) is 4.21. The van der Waals surface area contributed by atoms with Crippen molar-refractivity contribution in [3.05, 3.63) is 12.7 Å². The first-order chi connectivity index (χ1) is 6.22. The molecule has 1 unspecified atom stereocenters. The molecule has 13 heavy (non-hydrogen) atoms. The molecule has 3 nitrogen and oxygen atoms in total. The average Bonchev–Trinajstić information content (AvgIpc) is 2.19. The van der Waals surface area contributed by atoms with Crippen LogP contribution >= 0.6 is 0 Å². The molecular formula is C9H16O3Si. The maximum atomic E-state index is 11.0. The van der Waals surface area contributed by atoms with Crippen molar-refractivity contribution in [2.75, 3.05) is 6.61 Å². The molecule has 0 bridgehead atoms. The summed E-state index contributed by atoms with van der Waals surface area (Å²) in [4.78, 5) is 11.0. The van der Waals surface area contributed by atoms with Gasteiger partial charge in [-0.1, -0.05) is 13.1 Å². The molecule has 1 saturated heterocycles.